The number of hydrogen-bond acceptors (Lipinski definition) is 4. The van der Waals surface area contributed by atoms with Gasteiger partial charge in [-0.3, -0.25) is 5.14 Å². The van der Waals surface area contributed by atoms with Gasteiger partial charge >= 0.3 is 0 Å². The standard InChI is InChI=1S/C12H14FN3OS/c1-12(2,17)10-7-11(18-14)15-16(10)9-5-3-8(13)4-6-9/h3-7,17H,14H2,1-2H3. The van der Waals surface area contributed by atoms with E-state index in [0.717, 1.165) is 11.9 Å². The summed E-state index contributed by atoms with van der Waals surface area (Å²) in [6.07, 6.45) is 0. The van der Waals surface area contributed by atoms with Gasteiger partial charge in [-0.2, -0.15) is 5.10 Å². The second-order valence-corrected chi connectivity index (χ2v) is 5.09. The Hall–Kier alpha value is -1.37. The summed E-state index contributed by atoms with van der Waals surface area (Å²) >= 11 is 1.00. The van der Waals surface area contributed by atoms with Crippen LogP contribution in [0.1, 0.15) is 19.5 Å². The number of rotatable bonds is 3. The van der Waals surface area contributed by atoms with E-state index in [-0.39, 0.29) is 5.82 Å². The molecule has 0 aliphatic carbocycles. The maximum Gasteiger partial charge on any atom is 0.134 e. The van der Waals surface area contributed by atoms with Crippen molar-refractivity contribution in [1.82, 2.24) is 9.78 Å². The maximum absolute atomic E-state index is 12.9. The lowest BCUT2D eigenvalue weighted by molar-refractivity contribution is 0.0711. The minimum absolute atomic E-state index is 0.316. The molecule has 0 saturated carbocycles. The molecule has 0 spiro atoms. The number of aromatic nitrogens is 2. The number of aliphatic hydroxyl groups is 1. The summed E-state index contributed by atoms with van der Waals surface area (Å²) in [4.78, 5) is 0. The molecule has 1 aromatic heterocycles. The summed E-state index contributed by atoms with van der Waals surface area (Å²) in [5, 5.41) is 20.4. The van der Waals surface area contributed by atoms with Crippen molar-refractivity contribution in [2.24, 2.45) is 5.14 Å². The molecule has 3 N–H and O–H groups in total. The van der Waals surface area contributed by atoms with Gasteiger partial charge in [-0.05, 0) is 56.1 Å². The first-order chi connectivity index (χ1) is 8.41. The predicted octanol–water partition coefficient (Wildman–Crippen LogP) is 2.20. The number of hydrogen-bond donors (Lipinski definition) is 2. The van der Waals surface area contributed by atoms with E-state index in [4.69, 9.17) is 5.14 Å². The Morgan fingerprint density at radius 2 is 1.94 bits per heavy atom. The van der Waals surface area contributed by atoms with Gasteiger partial charge in [0.1, 0.15) is 16.4 Å². The van der Waals surface area contributed by atoms with Gasteiger partial charge < -0.3 is 5.11 Å². The SMILES string of the molecule is CC(C)(O)c1cc(SN)nn1-c1ccc(F)cc1. The van der Waals surface area contributed by atoms with Crippen molar-refractivity contribution in [3.05, 3.63) is 41.8 Å². The molecular formula is C12H14FN3OS. The van der Waals surface area contributed by atoms with Crippen LogP contribution in [-0.2, 0) is 5.60 Å². The van der Waals surface area contributed by atoms with Crippen LogP contribution in [0.4, 0.5) is 4.39 Å². The summed E-state index contributed by atoms with van der Waals surface area (Å²) in [6, 6.07) is 7.61. The highest BCUT2D eigenvalue weighted by Gasteiger charge is 2.23. The molecule has 2 rings (SSSR count). The van der Waals surface area contributed by atoms with Gasteiger partial charge in [0, 0.05) is 0 Å². The fraction of sp³-hybridized carbons (Fsp3) is 0.250. The molecule has 0 atom stereocenters. The molecule has 0 saturated heterocycles. The fourth-order valence-electron chi connectivity index (χ4n) is 1.63. The van der Waals surface area contributed by atoms with Crippen LogP contribution in [-0.4, -0.2) is 14.9 Å². The highest BCUT2D eigenvalue weighted by atomic mass is 32.2. The van der Waals surface area contributed by atoms with E-state index < -0.39 is 5.60 Å². The number of halogens is 1. The molecule has 4 nitrogen and oxygen atoms in total. The molecule has 0 aliphatic heterocycles. The smallest absolute Gasteiger partial charge is 0.134 e. The summed E-state index contributed by atoms with van der Waals surface area (Å²) in [5.74, 6) is -0.316. The molecule has 0 aliphatic rings. The molecule has 18 heavy (non-hydrogen) atoms. The van der Waals surface area contributed by atoms with E-state index >= 15 is 0 Å². The third kappa shape index (κ3) is 2.55. The topological polar surface area (TPSA) is 64.1 Å². The molecule has 2 aromatic rings. The average molecular weight is 267 g/mol. The summed E-state index contributed by atoms with van der Waals surface area (Å²) in [5.41, 5.74) is 0.214. The van der Waals surface area contributed by atoms with Crippen LogP contribution >= 0.6 is 11.9 Å². The van der Waals surface area contributed by atoms with Gasteiger partial charge in [-0.1, -0.05) is 0 Å². The molecule has 1 heterocycles. The van der Waals surface area contributed by atoms with Gasteiger partial charge in [0.15, 0.2) is 0 Å². The van der Waals surface area contributed by atoms with Gasteiger partial charge in [-0.15, -0.1) is 0 Å². The Kier molecular flexibility index (Phi) is 3.43. The molecule has 0 amide bonds. The second-order valence-electron chi connectivity index (χ2n) is 4.43. The Morgan fingerprint density at radius 1 is 1.33 bits per heavy atom. The predicted molar refractivity (Wildman–Crippen MR) is 68.8 cm³/mol. The quantitative estimate of drug-likeness (QED) is 0.837. The highest BCUT2D eigenvalue weighted by Crippen LogP contribution is 2.26. The van der Waals surface area contributed by atoms with E-state index in [1.54, 1.807) is 36.7 Å². The van der Waals surface area contributed by atoms with Crippen molar-refractivity contribution in [3.8, 4) is 5.69 Å². The van der Waals surface area contributed by atoms with Gasteiger partial charge in [0.2, 0.25) is 0 Å². The van der Waals surface area contributed by atoms with E-state index in [1.165, 1.54) is 12.1 Å². The van der Waals surface area contributed by atoms with Gasteiger partial charge in [0.05, 0.1) is 11.4 Å². The van der Waals surface area contributed by atoms with Crippen LogP contribution in [0.15, 0.2) is 35.4 Å². The lowest BCUT2D eigenvalue weighted by atomic mass is 10.1. The molecule has 0 radical (unpaired) electrons. The first-order valence-electron chi connectivity index (χ1n) is 5.37. The molecule has 1 aromatic carbocycles. The van der Waals surface area contributed by atoms with Crippen molar-refractivity contribution in [3.63, 3.8) is 0 Å². The lowest BCUT2D eigenvalue weighted by Crippen LogP contribution is -2.20. The molecular weight excluding hydrogens is 253 g/mol. The minimum Gasteiger partial charge on any atom is -0.384 e. The van der Waals surface area contributed by atoms with Gasteiger partial charge in [0.25, 0.3) is 0 Å². The van der Waals surface area contributed by atoms with E-state index in [0.29, 0.717) is 16.4 Å². The van der Waals surface area contributed by atoms with Crippen LogP contribution in [0.3, 0.4) is 0 Å². The van der Waals surface area contributed by atoms with Crippen LogP contribution in [0.2, 0.25) is 0 Å². The van der Waals surface area contributed by atoms with Crippen molar-refractivity contribution in [1.29, 1.82) is 0 Å². The largest absolute Gasteiger partial charge is 0.384 e. The molecule has 0 fully saturated rings. The first kappa shape index (κ1) is 13.1. The molecule has 0 bridgehead atoms. The monoisotopic (exact) mass is 267 g/mol. The van der Waals surface area contributed by atoms with Crippen LogP contribution in [0.25, 0.3) is 5.69 Å². The lowest BCUT2D eigenvalue weighted by Gasteiger charge is -2.18. The molecule has 96 valence electrons. The van der Waals surface area contributed by atoms with Crippen molar-refractivity contribution >= 4 is 11.9 Å². The van der Waals surface area contributed by atoms with Crippen LogP contribution in [0, 0.1) is 5.82 Å². The van der Waals surface area contributed by atoms with Crippen LogP contribution in [0.5, 0.6) is 0 Å². The Morgan fingerprint density at radius 3 is 2.44 bits per heavy atom. The number of nitrogens with zero attached hydrogens (tertiary/aromatic N) is 2. The molecule has 0 unspecified atom stereocenters. The molecule has 6 heteroatoms. The number of benzene rings is 1. The fourth-order valence-corrected chi connectivity index (χ4v) is 1.94. The van der Waals surface area contributed by atoms with Crippen molar-refractivity contribution in [2.75, 3.05) is 0 Å². The third-order valence-corrected chi connectivity index (χ3v) is 2.95. The Balaban J connectivity index is 2.55. The second kappa shape index (κ2) is 4.72. The zero-order chi connectivity index (χ0) is 13.3. The summed E-state index contributed by atoms with van der Waals surface area (Å²) in [6.45, 7) is 3.32. The maximum atomic E-state index is 12.9. The normalized spacial score (nSPS) is 11.8. The van der Waals surface area contributed by atoms with Crippen molar-refractivity contribution in [2.45, 2.75) is 24.5 Å². The first-order valence-corrected chi connectivity index (χ1v) is 6.25. The zero-order valence-electron chi connectivity index (χ0n) is 10.1. The van der Waals surface area contributed by atoms with Gasteiger partial charge in [-0.25, -0.2) is 9.07 Å². The minimum atomic E-state index is -1.06. The van der Waals surface area contributed by atoms with Crippen molar-refractivity contribution < 1.29 is 9.50 Å². The van der Waals surface area contributed by atoms with E-state index in [2.05, 4.69) is 5.10 Å². The van der Waals surface area contributed by atoms with Crippen LogP contribution < -0.4 is 5.14 Å². The summed E-state index contributed by atoms with van der Waals surface area (Å²) in [7, 11) is 0. The average Bonchev–Trinajstić information content (AvgIpc) is 2.74. The highest BCUT2D eigenvalue weighted by molar-refractivity contribution is 7.97. The van der Waals surface area contributed by atoms with E-state index in [9.17, 15) is 9.50 Å². The number of nitrogens with two attached hydrogens (primary N) is 1. The summed E-state index contributed by atoms with van der Waals surface area (Å²) < 4.78 is 14.5. The Bertz CT molecular complexity index is 545. The Labute approximate surface area is 109 Å². The third-order valence-electron chi connectivity index (χ3n) is 2.51. The zero-order valence-corrected chi connectivity index (χ0v) is 10.9. The van der Waals surface area contributed by atoms with E-state index in [1.807, 2.05) is 0 Å².